The Kier molecular flexibility index (Phi) is 9.65. The van der Waals surface area contributed by atoms with Crippen LogP contribution < -0.4 is 11.1 Å². The highest BCUT2D eigenvalue weighted by molar-refractivity contribution is 4.80. The summed E-state index contributed by atoms with van der Waals surface area (Å²) in [4.78, 5) is 0. The van der Waals surface area contributed by atoms with Gasteiger partial charge in [-0.25, -0.2) is 0 Å². The molecule has 21 heavy (non-hydrogen) atoms. The van der Waals surface area contributed by atoms with Gasteiger partial charge in [0, 0.05) is 0 Å². The van der Waals surface area contributed by atoms with Gasteiger partial charge in [0.15, 0.2) is 6.29 Å². The monoisotopic (exact) mass is 304 g/mol. The molecule has 4 N–H and O–H groups in total. The predicted molar refractivity (Wildman–Crippen MR) is 87.0 cm³/mol. The third-order valence-electron chi connectivity index (χ3n) is 3.22. The third kappa shape index (κ3) is 11.1. The van der Waals surface area contributed by atoms with Gasteiger partial charge in [0.25, 0.3) is 0 Å². The number of aliphatic hydroxyl groups excluding tert-OH is 1. The van der Waals surface area contributed by atoms with Gasteiger partial charge in [-0.15, -0.1) is 0 Å². The molecule has 0 rings (SSSR count). The van der Waals surface area contributed by atoms with E-state index in [0.29, 0.717) is 6.61 Å². The quantitative estimate of drug-likeness (QED) is 0.381. The topological polar surface area (TPSA) is 76.7 Å². The smallest absolute Gasteiger partial charge is 0.172 e. The van der Waals surface area contributed by atoms with Crippen LogP contribution in [-0.4, -0.2) is 41.9 Å². The molecule has 0 spiro atoms. The Morgan fingerprint density at radius 3 is 2.29 bits per heavy atom. The second-order valence-electron chi connectivity index (χ2n) is 6.93. The van der Waals surface area contributed by atoms with Crippen molar-refractivity contribution in [3.63, 3.8) is 0 Å². The van der Waals surface area contributed by atoms with Crippen LogP contribution in [0.25, 0.3) is 0 Å². The second kappa shape index (κ2) is 9.74. The van der Waals surface area contributed by atoms with Crippen molar-refractivity contribution in [3.8, 4) is 0 Å². The van der Waals surface area contributed by atoms with Crippen molar-refractivity contribution in [3.05, 3.63) is 0 Å². The van der Waals surface area contributed by atoms with E-state index in [9.17, 15) is 5.11 Å². The van der Waals surface area contributed by atoms with Crippen LogP contribution >= 0.6 is 0 Å². The molecule has 2 unspecified atom stereocenters. The molecule has 0 aliphatic carbocycles. The highest BCUT2D eigenvalue weighted by atomic mass is 16.6. The number of hydrogen-bond acceptors (Lipinski definition) is 5. The normalized spacial score (nSPS) is 16.0. The number of ether oxygens (including phenoxy) is 2. The summed E-state index contributed by atoms with van der Waals surface area (Å²) in [5.74, 6) is 0. The maximum Gasteiger partial charge on any atom is 0.172 e. The van der Waals surface area contributed by atoms with Crippen LogP contribution in [0.5, 0.6) is 0 Å². The van der Waals surface area contributed by atoms with Gasteiger partial charge in [0.2, 0.25) is 0 Å². The van der Waals surface area contributed by atoms with Gasteiger partial charge in [0.1, 0.15) is 5.72 Å². The largest absolute Gasteiger partial charge is 0.366 e. The number of rotatable bonds is 12. The molecular weight excluding hydrogens is 268 g/mol. The molecule has 5 heteroatoms. The number of unbranched alkanes of at least 4 members (excludes halogenated alkanes) is 3. The van der Waals surface area contributed by atoms with Gasteiger partial charge in [-0.3, -0.25) is 0 Å². The van der Waals surface area contributed by atoms with Gasteiger partial charge < -0.3 is 25.6 Å². The van der Waals surface area contributed by atoms with E-state index in [-0.39, 0.29) is 6.10 Å². The van der Waals surface area contributed by atoms with Crippen molar-refractivity contribution in [2.24, 2.45) is 5.73 Å². The minimum atomic E-state index is -0.879. The molecule has 0 aliphatic heterocycles. The van der Waals surface area contributed by atoms with E-state index in [1.165, 1.54) is 19.3 Å². The summed E-state index contributed by atoms with van der Waals surface area (Å²) in [6.07, 6.45) is 3.77. The first-order chi connectivity index (χ1) is 9.58. The predicted octanol–water partition coefficient (Wildman–Crippen LogP) is 2.37. The van der Waals surface area contributed by atoms with Gasteiger partial charge in [-0.2, -0.15) is 0 Å². The van der Waals surface area contributed by atoms with Crippen molar-refractivity contribution >= 4 is 0 Å². The summed E-state index contributed by atoms with van der Waals surface area (Å²) < 4.78 is 11.1. The molecule has 0 aromatic rings. The number of aliphatic hydroxyl groups is 1. The fourth-order valence-electron chi connectivity index (χ4n) is 2.04. The van der Waals surface area contributed by atoms with Crippen LogP contribution in [0.1, 0.15) is 67.2 Å². The summed E-state index contributed by atoms with van der Waals surface area (Å²) in [7, 11) is 0. The van der Waals surface area contributed by atoms with E-state index in [2.05, 4.69) is 12.2 Å². The zero-order valence-electron chi connectivity index (χ0n) is 14.7. The van der Waals surface area contributed by atoms with E-state index in [1.807, 2.05) is 20.8 Å². The minimum Gasteiger partial charge on any atom is -0.366 e. The average Bonchev–Trinajstić information content (AvgIpc) is 2.33. The highest BCUT2D eigenvalue weighted by Gasteiger charge is 2.28. The van der Waals surface area contributed by atoms with Crippen molar-refractivity contribution < 1.29 is 14.6 Å². The summed E-state index contributed by atoms with van der Waals surface area (Å²) in [5.41, 5.74) is 4.61. The molecule has 2 atom stereocenters. The van der Waals surface area contributed by atoms with Crippen LogP contribution in [-0.2, 0) is 9.47 Å². The van der Waals surface area contributed by atoms with Crippen molar-refractivity contribution in [2.75, 3.05) is 13.2 Å². The Labute approximate surface area is 130 Å². The van der Waals surface area contributed by atoms with Gasteiger partial charge >= 0.3 is 0 Å². The molecule has 0 saturated heterocycles. The molecule has 0 heterocycles. The summed E-state index contributed by atoms with van der Waals surface area (Å²) in [6, 6.07) is 0. The Balaban J connectivity index is 3.98. The number of nitrogens with two attached hydrogens (primary N) is 1. The van der Waals surface area contributed by atoms with Crippen LogP contribution in [0.2, 0.25) is 0 Å². The minimum absolute atomic E-state index is 0.167. The molecule has 0 aromatic heterocycles. The van der Waals surface area contributed by atoms with Gasteiger partial charge in [-0.1, -0.05) is 26.2 Å². The van der Waals surface area contributed by atoms with E-state index in [0.717, 1.165) is 13.0 Å². The fraction of sp³-hybridized carbons (Fsp3) is 1.00. The SMILES string of the molecule is CCCCCCNC(C)(C)C(O)OCC(C)OC(C)(C)N. The lowest BCUT2D eigenvalue weighted by atomic mass is 10.0. The molecule has 0 fully saturated rings. The fourth-order valence-corrected chi connectivity index (χ4v) is 2.04. The first-order valence-corrected chi connectivity index (χ1v) is 8.10. The molecular formula is C16H36N2O3. The van der Waals surface area contributed by atoms with E-state index < -0.39 is 17.6 Å². The molecule has 0 radical (unpaired) electrons. The molecule has 0 aromatic carbocycles. The van der Waals surface area contributed by atoms with E-state index in [4.69, 9.17) is 15.2 Å². The Morgan fingerprint density at radius 1 is 1.14 bits per heavy atom. The van der Waals surface area contributed by atoms with Crippen LogP contribution in [0.4, 0.5) is 0 Å². The van der Waals surface area contributed by atoms with Crippen molar-refractivity contribution in [1.29, 1.82) is 0 Å². The van der Waals surface area contributed by atoms with Crippen LogP contribution in [0, 0.1) is 0 Å². The van der Waals surface area contributed by atoms with E-state index in [1.54, 1.807) is 13.8 Å². The second-order valence-corrected chi connectivity index (χ2v) is 6.93. The zero-order chi connectivity index (χ0) is 16.5. The number of nitrogens with one attached hydrogen (secondary N) is 1. The summed E-state index contributed by atoms with van der Waals surface area (Å²) in [6.45, 7) is 12.7. The van der Waals surface area contributed by atoms with Gasteiger partial charge in [-0.05, 0) is 47.6 Å². The first-order valence-electron chi connectivity index (χ1n) is 8.10. The number of hydrogen-bond donors (Lipinski definition) is 3. The average molecular weight is 304 g/mol. The maximum absolute atomic E-state index is 10.2. The van der Waals surface area contributed by atoms with Crippen molar-refractivity contribution in [1.82, 2.24) is 5.32 Å². The Bertz CT molecular complexity index is 265. The van der Waals surface area contributed by atoms with Crippen molar-refractivity contribution in [2.45, 2.75) is 90.9 Å². The zero-order valence-corrected chi connectivity index (χ0v) is 14.7. The van der Waals surface area contributed by atoms with E-state index >= 15 is 0 Å². The summed E-state index contributed by atoms with van der Waals surface area (Å²) in [5, 5.41) is 13.5. The molecule has 0 saturated carbocycles. The molecule has 128 valence electrons. The Morgan fingerprint density at radius 2 is 1.76 bits per heavy atom. The lowest BCUT2D eigenvalue weighted by Gasteiger charge is -2.33. The molecule has 0 amide bonds. The molecule has 5 nitrogen and oxygen atoms in total. The van der Waals surface area contributed by atoms with Gasteiger partial charge in [0.05, 0.1) is 18.2 Å². The molecule has 0 bridgehead atoms. The highest BCUT2D eigenvalue weighted by Crippen LogP contribution is 2.13. The maximum atomic E-state index is 10.2. The standard InChI is InChI=1S/C16H36N2O3/c1-7-8-9-10-11-18-15(3,4)14(19)20-12-13(2)21-16(5,6)17/h13-14,18-19H,7-12,17H2,1-6H3. The lowest BCUT2D eigenvalue weighted by Crippen LogP contribution is -2.51. The van der Waals surface area contributed by atoms with Crippen LogP contribution in [0.3, 0.4) is 0 Å². The lowest BCUT2D eigenvalue weighted by molar-refractivity contribution is -0.177. The Hall–Kier alpha value is -0.200. The third-order valence-corrected chi connectivity index (χ3v) is 3.22. The molecule has 0 aliphatic rings. The first kappa shape index (κ1) is 20.8. The van der Waals surface area contributed by atoms with Crippen LogP contribution in [0.15, 0.2) is 0 Å². The summed E-state index contributed by atoms with van der Waals surface area (Å²) >= 11 is 0.